The highest BCUT2D eigenvalue weighted by molar-refractivity contribution is 6.31. The van der Waals surface area contributed by atoms with Crippen LogP contribution < -0.4 is 0 Å². The molecule has 0 saturated carbocycles. The summed E-state index contributed by atoms with van der Waals surface area (Å²) in [6.07, 6.45) is 9.11. The SMILES string of the molecule is CCCCOC[C@@H]1C[C@H](OCCCC)C[C@H](c2ccc(Cl)c(Cc3ccc4c(cnn4C(C)C)c3)c2)O1. The minimum atomic E-state index is -0.0251. The molecule has 5 nitrogen and oxygen atoms in total. The van der Waals surface area contributed by atoms with Gasteiger partial charge in [-0.05, 0) is 68.0 Å². The van der Waals surface area contributed by atoms with Gasteiger partial charge in [-0.1, -0.05) is 56.5 Å². The summed E-state index contributed by atoms with van der Waals surface area (Å²) in [4.78, 5) is 0. The van der Waals surface area contributed by atoms with Gasteiger partial charge in [-0.2, -0.15) is 5.10 Å². The molecule has 0 aliphatic carbocycles. The summed E-state index contributed by atoms with van der Waals surface area (Å²) in [6.45, 7) is 10.9. The fourth-order valence-electron chi connectivity index (χ4n) is 5.06. The van der Waals surface area contributed by atoms with Gasteiger partial charge in [0, 0.05) is 42.5 Å². The van der Waals surface area contributed by atoms with Crippen molar-refractivity contribution in [3.05, 3.63) is 64.3 Å². The molecule has 2 aromatic carbocycles. The van der Waals surface area contributed by atoms with Crippen molar-refractivity contribution in [3.63, 3.8) is 0 Å². The van der Waals surface area contributed by atoms with Crippen molar-refractivity contribution in [1.82, 2.24) is 9.78 Å². The van der Waals surface area contributed by atoms with E-state index in [0.29, 0.717) is 12.6 Å². The van der Waals surface area contributed by atoms with Crippen LogP contribution in [-0.2, 0) is 20.6 Å². The van der Waals surface area contributed by atoms with Crippen molar-refractivity contribution in [1.29, 1.82) is 0 Å². The molecule has 6 heteroatoms. The van der Waals surface area contributed by atoms with Crippen molar-refractivity contribution >= 4 is 22.5 Å². The van der Waals surface area contributed by atoms with Gasteiger partial charge in [-0.15, -0.1) is 0 Å². The third-order valence-corrected chi connectivity index (χ3v) is 7.51. The third-order valence-electron chi connectivity index (χ3n) is 7.14. The average Bonchev–Trinajstić information content (AvgIpc) is 3.32. The van der Waals surface area contributed by atoms with Gasteiger partial charge in [-0.25, -0.2) is 0 Å². The Morgan fingerprint density at radius 3 is 2.65 bits per heavy atom. The monoisotopic (exact) mass is 526 g/mol. The summed E-state index contributed by atoms with van der Waals surface area (Å²) in [6, 6.07) is 13.3. The molecule has 1 aliphatic rings. The van der Waals surface area contributed by atoms with Crippen molar-refractivity contribution < 1.29 is 14.2 Å². The molecule has 0 amide bonds. The first kappa shape index (κ1) is 28.1. The number of hydrogen-bond acceptors (Lipinski definition) is 4. The van der Waals surface area contributed by atoms with Crippen LogP contribution in [0.1, 0.15) is 95.1 Å². The minimum Gasteiger partial charge on any atom is -0.379 e. The van der Waals surface area contributed by atoms with Gasteiger partial charge in [0.25, 0.3) is 0 Å². The molecule has 0 spiro atoms. The van der Waals surface area contributed by atoms with Crippen LogP contribution in [-0.4, -0.2) is 41.8 Å². The molecule has 1 aromatic heterocycles. The van der Waals surface area contributed by atoms with Crippen molar-refractivity contribution in [2.75, 3.05) is 19.8 Å². The van der Waals surface area contributed by atoms with Gasteiger partial charge >= 0.3 is 0 Å². The predicted octanol–water partition coefficient (Wildman–Crippen LogP) is 8.08. The fraction of sp³-hybridized carbons (Fsp3) is 0.581. The van der Waals surface area contributed by atoms with Gasteiger partial charge < -0.3 is 14.2 Å². The molecule has 37 heavy (non-hydrogen) atoms. The zero-order valence-electron chi connectivity index (χ0n) is 22.9. The van der Waals surface area contributed by atoms with Gasteiger partial charge in [-0.3, -0.25) is 4.68 Å². The van der Waals surface area contributed by atoms with E-state index < -0.39 is 0 Å². The normalized spacial score (nSPS) is 20.2. The minimum absolute atomic E-state index is 0.0251. The summed E-state index contributed by atoms with van der Waals surface area (Å²) < 4.78 is 20.8. The number of benzene rings is 2. The zero-order valence-corrected chi connectivity index (χ0v) is 23.7. The Bertz CT molecular complexity index is 1130. The Balaban J connectivity index is 1.49. The Kier molecular flexibility index (Phi) is 10.4. The molecule has 1 saturated heterocycles. The molecule has 2 heterocycles. The summed E-state index contributed by atoms with van der Waals surface area (Å²) >= 11 is 6.69. The standard InChI is InChI=1S/C31H43ClN2O3/c1-5-7-13-35-21-28-18-27(36-14-8-6-2)19-31(37-28)24-10-11-29(32)25(17-24)15-23-9-12-30-26(16-23)20-33-34(30)22(3)4/h9-12,16-17,20,22,27-28,31H,5-8,13-15,18-19,21H2,1-4H3/t27-,28-,31+/m0/s1. The number of unbranched alkanes of at least 4 members (excludes halogenated alkanes) is 2. The van der Waals surface area contributed by atoms with E-state index in [1.54, 1.807) is 0 Å². The maximum absolute atomic E-state index is 6.69. The molecule has 0 unspecified atom stereocenters. The fourth-order valence-corrected chi connectivity index (χ4v) is 5.24. The quantitative estimate of drug-likeness (QED) is 0.211. The Morgan fingerprint density at radius 2 is 1.86 bits per heavy atom. The maximum atomic E-state index is 6.69. The van der Waals surface area contributed by atoms with E-state index in [-0.39, 0.29) is 18.3 Å². The van der Waals surface area contributed by atoms with E-state index in [9.17, 15) is 0 Å². The lowest BCUT2D eigenvalue weighted by atomic mass is 9.93. The Labute approximate surface area is 227 Å². The van der Waals surface area contributed by atoms with Crippen molar-refractivity contribution in [2.24, 2.45) is 0 Å². The van der Waals surface area contributed by atoms with Crippen LogP contribution in [0.4, 0.5) is 0 Å². The van der Waals surface area contributed by atoms with E-state index in [2.05, 4.69) is 67.8 Å². The lowest BCUT2D eigenvalue weighted by Crippen LogP contribution is -2.36. The number of nitrogens with zero attached hydrogens (tertiary/aromatic N) is 2. The van der Waals surface area contributed by atoms with E-state index >= 15 is 0 Å². The molecular formula is C31H43ClN2O3. The number of fused-ring (bicyclic) bond motifs is 1. The second-order valence-electron chi connectivity index (χ2n) is 10.6. The number of halogens is 1. The van der Waals surface area contributed by atoms with Crippen LogP contribution in [0.25, 0.3) is 10.9 Å². The first-order valence-electron chi connectivity index (χ1n) is 14.1. The topological polar surface area (TPSA) is 45.5 Å². The molecule has 1 fully saturated rings. The smallest absolute Gasteiger partial charge is 0.0854 e. The first-order valence-corrected chi connectivity index (χ1v) is 14.5. The van der Waals surface area contributed by atoms with Crippen LogP contribution in [0, 0.1) is 0 Å². The molecule has 0 radical (unpaired) electrons. The second kappa shape index (κ2) is 13.7. The van der Waals surface area contributed by atoms with Gasteiger partial charge in [0.05, 0.1) is 36.6 Å². The summed E-state index contributed by atoms with van der Waals surface area (Å²) in [5.74, 6) is 0. The highest BCUT2D eigenvalue weighted by Gasteiger charge is 2.31. The van der Waals surface area contributed by atoms with E-state index in [4.69, 9.17) is 25.8 Å². The van der Waals surface area contributed by atoms with Crippen LogP contribution >= 0.6 is 11.6 Å². The first-order chi connectivity index (χ1) is 18.0. The molecule has 3 atom stereocenters. The molecule has 202 valence electrons. The predicted molar refractivity (Wildman–Crippen MR) is 152 cm³/mol. The maximum Gasteiger partial charge on any atom is 0.0854 e. The van der Waals surface area contributed by atoms with E-state index in [0.717, 1.165) is 85.2 Å². The summed E-state index contributed by atoms with van der Waals surface area (Å²) in [5.41, 5.74) is 4.66. The van der Waals surface area contributed by atoms with Crippen LogP contribution in [0.5, 0.6) is 0 Å². The highest BCUT2D eigenvalue weighted by Crippen LogP contribution is 2.35. The largest absolute Gasteiger partial charge is 0.379 e. The third kappa shape index (κ3) is 7.57. The Hall–Kier alpha value is -1.92. The number of aromatic nitrogens is 2. The van der Waals surface area contributed by atoms with Crippen molar-refractivity contribution in [3.8, 4) is 0 Å². The highest BCUT2D eigenvalue weighted by atomic mass is 35.5. The van der Waals surface area contributed by atoms with Crippen molar-refractivity contribution in [2.45, 2.75) is 97.0 Å². The van der Waals surface area contributed by atoms with Crippen LogP contribution in [0.2, 0.25) is 5.02 Å². The molecule has 0 N–H and O–H groups in total. The average molecular weight is 527 g/mol. The number of ether oxygens (including phenoxy) is 3. The van der Waals surface area contributed by atoms with Crippen LogP contribution in [0.3, 0.4) is 0 Å². The molecule has 4 rings (SSSR count). The van der Waals surface area contributed by atoms with Gasteiger partial charge in [0.1, 0.15) is 0 Å². The number of hydrogen-bond donors (Lipinski definition) is 0. The zero-order chi connectivity index (χ0) is 26.2. The summed E-state index contributed by atoms with van der Waals surface area (Å²) in [5, 5.41) is 6.50. The van der Waals surface area contributed by atoms with Gasteiger partial charge in [0.2, 0.25) is 0 Å². The lowest BCUT2D eigenvalue weighted by Gasteiger charge is -2.36. The molecule has 0 bridgehead atoms. The van der Waals surface area contributed by atoms with Crippen LogP contribution in [0.15, 0.2) is 42.6 Å². The van der Waals surface area contributed by atoms with E-state index in [1.807, 2.05) is 12.3 Å². The Morgan fingerprint density at radius 1 is 1.05 bits per heavy atom. The second-order valence-corrected chi connectivity index (χ2v) is 11.0. The van der Waals surface area contributed by atoms with E-state index in [1.165, 1.54) is 5.56 Å². The molecule has 3 aromatic rings. The summed E-state index contributed by atoms with van der Waals surface area (Å²) in [7, 11) is 0. The molecule has 1 aliphatic heterocycles. The van der Waals surface area contributed by atoms with Gasteiger partial charge in [0.15, 0.2) is 0 Å². The number of rotatable bonds is 13. The lowest BCUT2D eigenvalue weighted by molar-refractivity contribution is -0.138. The molecular weight excluding hydrogens is 484 g/mol.